The van der Waals surface area contributed by atoms with Crippen molar-refractivity contribution in [2.45, 2.75) is 25.8 Å². The number of likely N-dealkylation sites (N-methyl/N-ethyl adjacent to an activating group) is 1. The van der Waals surface area contributed by atoms with Crippen molar-refractivity contribution in [3.05, 3.63) is 28.5 Å². The third-order valence-corrected chi connectivity index (χ3v) is 3.66. The van der Waals surface area contributed by atoms with E-state index in [9.17, 15) is 0 Å². The first-order chi connectivity index (χ1) is 8.24. The molecule has 0 fully saturated rings. The van der Waals surface area contributed by atoms with Crippen LogP contribution < -0.4 is 5.32 Å². The van der Waals surface area contributed by atoms with E-state index in [-0.39, 0.29) is 6.04 Å². The van der Waals surface area contributed by atoms with Gasteiger partial charge in [0, 0.05) is 19.3 Å². The summed E-state index contributed by atoms with van der Waals surface area (Å²) in [5.41, 5.74) is 2.32. The number of hydrogen-bond acceptors (Lipinski definition) is 5. The average molecular weight is 251 g/mol. The van der Waals surface area contributed by atoms with Gasteiger partial charge in [-0.3, -0.25) is 4.68 Å². The Hall–Kier alpha value is -1.27. The molecule has 0 aliphatic heterocycles. The van der Waals surface area contributed by atoms with Crippen LogP contribution in [0.3, 0.4) is 0 Å². The van der Waals surface area contributed by atoms with Gasteiger partial charge < -0.3 is 5.32 Å². The van der Waals surface area contributed by atoms with Gasteiger partial charge in [-0.2, -0.15) is 5.10 Å². The Morgan fingerprint density at radius 3 is 2.94 bits per heavy atom. The fourth-order valence-corrected chi connectivity index (χ4v) is 2.71. The summed E-state index contributed by atoms with van der Waals surface area (Å²) in [5.74, 6) is 0. The molecule has 2 rings (SSSR count). The van der Waals surface area contributed by atoms with Crippen LogP contribution in [0.4, 0.5) is 0 Å². The van der Waals surface area contributed by atoms with Gasteiger partial charge in [0.2, 0.25) is 0 Å². The second-order valence-electron chi connectivity index (χ2n) is 4.01. The molecule has 0 saturated heterocycles. The summed E-state index contributed by atoms with van der Waals surface area (Å²) in [7, 11) is 3.91. The summed E-state index contributed by atoms with van der Waals surface area (Å²) in [6.07, 6.45) is 5.80. The number of nitrogens with one attached hydrogen (secondary N) is 1. The summed E-state index contributed by atoms with van der Waals surface area (Å²) < 4.78 is 5.87. The maximum atomic E-state index is 4.19. The molecule has 0 aromatic carbocycles. The molecule has 1 atom stereocenters. The van der Waals surface area contributed by atoms with E-state index in [1.54, 1.807) is 0 Å². The van der Waals surface area contributed by atoms with Gasteiger partial charge in [-0.05, 0) is 37.0 Å². The number of nitrogens with zero attached hydrogens (tertiary/aromatic N) is 4. The van der Waals surface area contributed by atoms with E-state index in [0.29, 0.717) is 0 Å². The third-order valence-electron chi connectivity index (χ3n) is 2.78. The molecule has 5 nitrogen and oxygen atoms in total. The van der Waals surface area contributed by atoms with Crippen molar-refractivity contribution < 1.29 is 0 Å². The number of hydrogen-bond donors (Lipinski definition) is 1. The fourth-order valence-electron chi connectivity index (χ4n) is 1.86. The van der Waals surface area contributed by atoms with Crippen molar-refractivity contribution in [2.24, 2.45) is 7.05 Å². The number of rotatable bonds is 5. The summed E-state index contributed by atoms with van der Waals surface area (Å²) in [6, 6.07) is 0.272. The molecule has 17 heavy (non-hydrogen) atoms. The summed E-state index contributed by atoms with van der Waals surface area (Å²) in [5, 5.41) is 11.7. The van der Waals surface area contributed by atoms with Crippen LogP contribution in [0.2, 0.25) is 0 Å². The van der Waals surface area contributed by atoms with E-state index in [1.807, 2.05) is 31.2 Å². The van der Waals surface area contributed by atoms with Crippen LogP contribution in [0.5, 0.6) is 0 Å². The second kappa shape index (κ2) is 5.37. The average Bonchev–Trinajstić information content (AvgIpc) is 2.94. The predicted octanol–water partition coefficient (Wildman–Crippen LogP) is 1.34. The Balaban J connectivity index is 2.16. The van der Waals surface area contributed by atoms with E-state index in [2.05, 4.69) is 26.9 Å². The Morgan fingerprint density at radius 2 is 2.35 bits per heavy atom. The molecule has 0 aliphatic rings. The first-order valence-corrected chi connectivity index (χ1v) is 6.47. The molecule has 2 aromatic rings. The molecule has 0 radical (unpaired) electrons. The van der Waals surface area contributed by atoms with E-state index >= 15 is 0 Å². The first kappa shape index (κ1) is 12.2. The second-order valence-corrected chi connectivity index (χ2v) is 4.79. The molecule has 2 aromatic heterocycles. The minimum absolute atomic E-state index is 0.272. The lowest BCUT2D eigenvalue weighted by Crippen LogP contribution is -2.18. The van der Waals surface area contributed by atoms with E-state index < -0.39 is 0 Å². The summed E-state index contributed by atoms with van der Waals surface area (Å²) in [4.78, 5) is 1.24. The molecule has 92 valence electrons. The van der Waals surface area contributed by atoms with Crippen LogP contribution >= 0.6 is 11.5 Å². The van der Waals surface area contributed by atoms with Gasteiger partial charge in [0.1, 0.15) is 0 Å². The van der Waals surface area contributed by atoms with Crippen molar-refractivity contribution in [3.8, 4) is 0 Å². The quantitative estimate of drug-likeness (QED) is 0.871. The third kappa shape index (κ3) is 2.70. The highest BCUT2D eigenvalue weighted by Gasteiger charge is 2.17. The lowest BCUT2D eigenvalue weighted by Gasteiger charge is -2.13. The van der Waals surface area contributed by atoms with Crippen LogP contribution in [-0.2, 0) is 19.9 Å². The zero-order valence-electron chi connectivity index (χ0n) is 10.3. The highest BCUT2D eigenvalue weighted by Crippen LogP contribution is 2.23. The standard InChI is InChI=1S/C11H17N5S/c1-4-9-11(17-15-14-9)10(12-2)5-8-6-13-16(3)7-8/h6-7,10,12H,4-5H2,1-3H3. The van der Waals surface area contributed by atoms with Gasteiger partial charge in [-0.15, -0.1) is 5.10 Å². The molecule has 0 spiro atoms. The van der Waals surface area contributed by atoms with Crippen LogP contribution in [0.1, 0.15) is 29.1 Å². The molecule has 6 heteroatoms. The topological polar surface area (TPSA) is 55.6 Å². The van der Waals surface area contributed by atoms with Crippen LogP contribution in [0.15, 0.2) is 12.4 Å². The smallest absolute Gasteiger partial charge is 0.0801 e. The van der Waals surface area contributed by atoms with Gasteiger partial charge >= 0.3 is 0 Å². The van der Waals surface area contributed by atoms with Gasteiger partial charge in [-0.25, -0.2) is 0 Å². The van der Waals surface area contributed by atoms with E-state index in [4.69, 9.17) is 0 Å². The van der Waals surface area contributed by atoms with Crippen molar-refractivity contribution in [1.82, 2.24) is 24.7 Å². The van der Waals surface area contributed by atoms with Crippen LogP contribution in [0.25, 0.3) is 0 Å². The SMILES string of the molecule is CCc1nnsc1C(Cc1cnn(C)c1)NC. The lowest BCUT2D eigenvalue weighted by molar-refractivity contribution is 0.595. The molecule has 1 unspecified atom stereocenters. The molecular formula is C11H17N5S. The zero-order valence-corrected chi connectivity index (χ0v) is 11.2. The van der Waals surface area contributed by atoms with Crippen molar-refractivity contribution in [2.75, 3.05) is 7.05 Å². The largest absolute Gasteiger partial charge is 0.312 e. The highest BCUT2D eigenvalue weighted by atomic mass is 32.1. The normalized spacial score (nSPS) is 12.9. The van der Waals surface area contributed by atoms with Crippen LogP contribution in [-0.4, -0.2) is 26.4 Å². The van der Waals surface area contributed by atoms with E-state index in [0.717, 1.165) is 18.5 Å². The monoisotopic (exact) mass is 251 g/mol. The predicted molar refractivity (Wildman–Crippen MR) is 68.0 cm³/mol. The Morgan fingerprint density at radius 1 is 1.53 bits per heavy atom. The molecule has 1 N–H and O–H groups in total. The molecular weight excluding hydrogens is 234 g/mol. The molecule has 0 bridgehead atoms. The minimum atomic E-state index is 0.272. The Kier molecular flexibility index (Phi) is 3.86. The maximum Gasteiger partial charge on any atom is 0.0801 e. The molecule has 0 aliphatic carbocycles. The van der Waals surface area contributed by atoms with Gasteiger partial charge in [-0.1, -0.05) is 11.4 Å². The fraction of sp³-hybridized carbons (Fsp3) is 0.545. The van der Waals surface area contributed by atoms with Crippen molar-refractivity contribution >= 4 is 11.5 Å². The van der Waals surface area contributed by atoms with E-state index in [1.165, 1.54) is 22.0 Å². The Labute approximate surface area is 105 Å². The molecule has 0 saturated carbocycles. The first-order valence-electron chi connectivity index (χ1n) is 5.70. The van der Waals surface area contributed by atoms with Gasteiger partial charge in [0.15, 0.2) is 0 Å². The molecule has 2 heterocycles. The maximum absolute atomic E-state index is 4.19. The molecule has 0 amide bonds. The highest BCUT2D eigenvalue weighted by molar-refractivity contribution is 7.05. The van der Waals surface area contributed by atoms with Gasteiger partial charge in [0.25, 0.3) is 0 Å². The number of aryl methyl sites for hydroxylation is 2. The minimum Gasteiger partial charge on any atom is -0.312 e. The summed E-state index contributed by atoms with van der Waals surface area (Å²) >= 11 is 1.48. The van der Waals surface area contributed by atoms with Crippen LogP contribution in [0, 0.1) is 0 Å². The van der Waals surface area contributed by atoms with Gasteiger partial charge in [0.05, 0.1) is 16.8 Å². The lowest BCUT2D eigenvalue weighted by atomic mass is 10.1. The number of aromatic nitrogens is 4. The van der Waals surface area contributed by atoms with Crippen molar-refractivity contribution in [3.63, 3.8) is 0 Å². The van der Waals surface area contributed by atoms with Crippen molar-refractivity contribution in [1.29, 1.82) is 0 Å². The summed E-state index contributed by atoms with van der Waals surface area (Å²) in [6.45, 7) is 2.11. The Bertz CT molecular complexity index is 476. The zero-order chi connectivity index (χ0) is 12.3.